The number of thiazole rings is 1. The lowest BCUT2D eigenvalue weighted by atomic mass is 10.2. The molecule has 30 heavy (non-hydrogen) atoms. The van der Waals surface area contributed by atoms with Crippen molar-refractivity contribution in [3.8, 4) is 10.6 Å². The Morgan fingerprint density at radius 3 is 2.37 bits per heavy atom. The molecule has 0 bridgehead atoms. The molecule has 3 aromatic heterocycles. The van der Waals surface area contributed by atoms with Crippen LogP contribution >= 0.6 is 11.3 Å². The zero-order valence-corrected chi connectivity index (χ0v) is 16.2. The molecule has 1 atom stereocenters. The number of aryl methyl sites for hydroxylation is 1. The minimum absolute atomic E-state index is 0.202. The second-order valence-corrected chi connectivity index (χ2v) is 7.29. The summed E-state index contributed by atoms with van der Waals surface area (Å²) in [6.07, 6.45) is -6.89. The fourth-order valence-electron chi connectivity index (χ4n) is 2.50. The van der Waals surface area contributed by atoms with Crippen LogP contribution in [0.25, 0.3) is 10.6 Å². The lowest BCUT2D eigenvalue weighted by molar-refractivity contribution is -0.142. The van der Waals surface area contributed by atoms with Crippen LogP contribution in [-0.4, -0.2) is 25.7 Å². The molecule has 3 heterocycles. The molecule has 0 spiro atoms. The van der Waals surface area contributed by atoms with Crippen molar-refractivity contribution in [2.75, 3.05) is 0 Å². The zero-order valence-electron chi connectivity index (χ0n) is 15.3. The molecule has 6 nitrogen and oxygen atoms in total. The Bertz CT molecular complexity index is 1070. The highest BCUT2D eigenvalue weighted by Crippen LogP contribution is 2.33. The van der Waals surface area contributed by atoms with Gasteiger partial charge in [0.15, 0.2) is 5.69 Å². The molecule has 0 aliphatic rings. The summed E-state index contributed by atoms with van der Waals surface area (Å²) in [6, 6.07) is 2.21. The van der Waals surface area contributed by atoms with Gasteiger partial charge < -0.3 is 5.32 Å². The molecule has 0 aromatic carbocycles. The average Bonchev–Trinajstić information content (AvgIpc) is 3.28. The van der Waals surface area contributed by atoms with Crippen molar-refractivity contribution in [3.05, 3.63) is 52.6 Å². The predicted octanol–water partition coefficient (Wildman–Crippen LogP) is 4.47. The first-order valence-corrected chi connectivity index (χ1v) is 9.09. The van der Waals surface area contributed by atoms with Crippen molar-refractivity contribution in [3.63, 3.8) is 0 Å². The Morgan fingerprint density at radius 1 is 1.10 bits per heavy atom. The summed E-state index contributed by atoms with van der Waals surface area (Å²) >= 11 is 1.04. The van der Waals surface area contributed by atoms with Gasteiger partial charge in [-0.05, 0) is 19.1 Å². The van der Waals surface area contributed by atoms with Gasteiger partial charge in [-0.25, -0.2) is 4.98 Å². The fourth-order valence-corrected chi connectivity index (χ4v) is 3.41. The Hall–Kier alpha value is -2.96. The maximum atomic E-state index is 12.8. The van der Waals surface area contributed by atoms with Crippen molar-refractivity contribution in [1.29, 1.82) is 0 Å². The van der Waals surface area contributed by atoms with Crippen molar-refractivity contribution < 1.29 is 31.1 Å². The number of hydrogen-bond donors (Lipinski definition) is 1. The molecule has 1 unspecified atom stereocenters. The Morgan fingerprint density at radius 2 is 1.77 bits per heavy atom. The first-order valence-electron chi connectivity index (χ1n) is 8.27. The number of aromatic nitrogens is 4. The molecule has 3 aromatic rings. The van der Waals surface area contributed by atoms with Crippen LogP contribution in [0.15, 0.2) is 30.6 Å². The number of pyridine rings is 1. The van der Waals surface area contributed by atoms with Gasteiger partial charge in [-0.3, -0.25) is 14.5 Å². The summed E-state index contributed by atoms with van der Waals surface area (Å²) in [4.78, 5) is 20.2. The highest BCUT2D eigenvalue weighted by Gasteiger charge is 2.35. The summed E-state index contributed by atoms with van der Waals surface area (Å²) < 4.78 is 77.5. The van der Waals surface area contributed by atoms with E-state index in [0.717, 1.165) is 28.3 Å². The highest BCUT2D eigenvalue weighted by molar-refractivity contribution is 7.15. The highest BCUT2D eigenvalue weighted by atomic mass is 32.1. The maximum absolute atomic E-state index is 12.8. The third-order valence-electron chi connectivity index (χ3n) is 4.00. The van der Waals surface area contributed by atoms with Crippen molar-refractivity contribution in [2.24, 2.45) is 7.05 Å². The van der Waals surface area contributed by atoms with Crippen LogP contribution in [0.5, 0.6) is 0 Å². The standard InChI is InChI=1S/C17H13F6N5OS/c1-8(26-14(29)10-6-13(17(21,22)23)27-28(10)2)11-7-25-15(30-11)9-3-4-24-12(5-9)16(18,19)20/h3-8H,1-2H3,(H,26,29). The van der Waals surface area contributed by atoms with Crippen LogP contribution in [-0.2, 0) is 19.4 Å². The van der Waals surface area contributed by atoms with E-state index in [0.29, 0.717) is 10.9 Å². The molecular weight excluding hydrogens is 436 g/mol. The first-order chi connectivity index (χ1) is 13.9. The maximum Gasteiger partial charge on any atom is 0.435 e. The van der Waals surface area contributed by atoms with Gasteiger partial charge in [0.2, 0.25) is 0 Å². The van der Waals surface area contributed by atoms with Crippen LogP contribution < -0.4 is 5.32 Å². The molecule has 0 fully saturated rings. The fraction of sp³-hybridized carbons (Fsp3) is 0.294. The van der Waals surface area contributed by atoms with Crippen molar-refractivity contribution in [1.82, 2.24) is 25.1 Å². The number of rotatable bonds is 4. The van der Waals surface area contributed by atoms with E-state index >= 15 is 0 Å². The van der Waals surface area contributed by atoms with Gasteiger partial charge in [0.05, 0.1) is 6.04 Å². The summed E-state index contributed by atoms with van der Waals surface area (Å²) in [5.41, 5.74) is -2.34. The number of alkyl halides is 6. The van der Waals surface area contributed by atoms with Gasteiger partial charge in [-0.15, -0.1) is 11.3 Å². The SMILES string of the molecule is CC(NC(=O)c1cc(C(F)(F)F)nn1C)c1cnc(-c2ccnc(C(F)(F)F)c2)s1. The van der Waals surface area contributed by atoms with Gasteiger partial charge in [0.25, 0.3) is 5.91 Å². The summed E-state index contributed by atoms with van der Waals surface area (Å²) in [5.74, 6) is -0.786. The van der Waals surface area contributed by atoms with Crippen molar-refractivity contribution in [2.45, 2.75) is 25.3 Å². The van der Waals surface area contributed by atoms with E-state index in [2.05, 4.69) is 20.4 Å². The molecule has 3 rings (SSSR count). The van der Waals surface area contributed by atoms with Crippen LogP contribution in [0.2, 0.25) is 0 Å². The molecule has 0 radical (unpaired) electrons. The van der Waals surface area contributed by atoms with Crippen LogP contribution in [0.4, 0.5) is 26.3 Å². The number of carbonyl (C=O) groups excluding carboxylic acids is 1. The monoisotopic (exact) mass is 449 g/mol. The molecule has 0 aliphatic carbocycles. The minimum Gasteiger partial charge on any atom is -0.343 e. The zero-order chi connectivity index (χ0) is 22.3. The number of halogens is 6. The third kappa shape index (κ3) is 4.61. The predicted molar refractivity (Wildman–Crippen MR) is 94.4 cm³/mol. The number of nitrogens with one attached hydrogen (secondary N) is 1. The normalized spacial score (nSPS) is 13.3. The molecule has 0 saturated heterocycles. The minimum atomic E-state index is -4.69. The van der Waals surface area contributed by atoms with E-state index in [4.69, 9.17) is 0 Å². The van der Waals surface area contributed by atoms with Gasteiger partial charge in [0, 0.05) is 35.9 Å². The van der Waals surface area contributed by atoms with E-state index in [1.54, 1.807) is 6.92 Å². The molecule has 1 N–H and O–H groups in total. The topological polar surface area (TPSA) is 72.7 Å². The lowest BCUT2D eigenvalue weighted by Crippen LogP contribution is -2.27. The van der Waals surface area contributed by atoms with Crippen LogP contribution in [0.1, 0.15) is 39.7 Å². The number of carbonyl (C=O) groups is 1. The van der Waals surface area contributed by atoms with Gasteiger partial charge in [0.1, 0.15) is 16.4 Å². The number of nitrogens with zero attached hydrogens (tertiary/aromatic N) is 4. The Kier molecular flexibility index (Phi) is 5.58. The van der Waals surface area contributed by atoms with Crippen molar-refractivity contribution >= 4 is 17.2 Å². The molecule has 1 amide bonds. The quantitative estimate of drug-likeness (QED) is 0.597. The average molecular weight is 449 g/mol. The molecular formula is C17H13F6N5OS. The summed E-state index contributed by atoms with van der Waals surface area (Å²) in [5, 5.41) is 6.08. The van der Waals surface area contributed by atoms with E-state index in [-0.39, 0.29) is 16.3 Å². The lowest BCUT2D eigenvalue weighted by Gasteiger charge is -2.11. The van der Waals surface area contributed by atoms with E-state index in [1.165, 1.54) is 19.3 Å². The summed E-state index contributed by atoms with van der Waals surface area (Å²) in [6.45, 7) is 1.57. The molecule has 13 heteroatoms. The van der Waals surface area contributed by atoms with E-state index in [9.17, 15) is 31.1 Å². The second-order valence-electron chi connectivity index (χ2n) is 6.23. The van der Waals surface area contributed by atoms with Gasteiger partial charge in [-0.2, -0.15) is 31.4 Å². The largest absolute Gasteiger partial charge is 0.435 e. The molecule has 160 valence electrons. The second kappa shape index (κ2) is 7.70. The van der Waals surface area contributed by atoms with Crippen LogP contribution in [0.3, 0.4) is 0 Å². The number of hydrogen-bond acceptors (Lipinski definition) is 5. The smallest absolute Gasteiger partial charge is 0.343 e. The van der Waals surface area contributed by atoms with Gasteiger partial charge in [-0.1, -0.05) is 0 Å². The third-order valence-corrected chi connectivity index (χ3v) is 5.23. The molecule has 0 aliphatic heterocycles. The van der Waals surface area contributed by atoms with E-state index in [1.807, 2.05) is 0 Å². The van der Waals surface area contributed by atoms with Gasteiger partial charge >= 0.3 is 12.4 Å². The Labute approximate surface area is 169 Å². The molecule has 0 saturated carbocycles. The first kappa shape index (κ1) is 21.7. The van der Waals surface area contributed by atoms with E-state index < -0.39 is 35.7 Å². The number of amides is 1. The summed E-state index contributed by atoms with van der Waals surface area (Å²) in [7, 11) is 1.21. The Balaban J connectivity index is 1.77. The van der Waals surface area contributed by atoms with Crippen LogP contribution in [0, 0.1) is 0 Å².